The highest BCUT2D eigenvalue weighted by Crippen LogP contribution is 2.05. The normalized spacial score (nSPS) is 13.5. The van der Waals surface area contributed by atoms with E-state index in [9.17, 15) is 0 Å². The zero-order chi connectivity index (χ0) is 7.82. The molecule has 0 heterocycles. The summed E-state index contributed by atoms with van der Waals surface area (Å²) in [6, 6.07) is 0.685. The minimum absolute atomic E-state index is 0.685. The predicted octanol–water partition coefficient (Wildman–Crippen LogP) is 2.13. The lowest BCUT2D eigenvalue weighted by Gasteiger charge is -2.08. The van der Waals surface area contributed by atoms with Gasteiger partial charge in [-0.2, -0.15) is 11.8 Å². The zero-order valence-electron chi connectivity index (χ0n) is 7.31. The van der Waals surface area contributed by atoms with Crippen molar-refractivity contribution in [1.82, 2.24) is 5.32 Å². The third-order valence-electron chi connectivity index (χ3n) is 1.54. The van der Waals surface area contributed by atoms with Crippen molar-refractivity contribution in [2.45, 2.75) is 32.7 Å². The van der Waals surface area contributed by atoms with Crippen molar-refractivity contribution < 1.29 is 0 Å². The van der Waals surface area contributed by atoms with Crippen molar-refractivity contribution in [2.24, 2.45) is 0 Å². The number of thioether (sulfide) groups is 1. The van der Waals surface area contributed by atoms with Gasteiger partial charge in [-0.3, -0.25) is 0 Å². The first kappa shape index (κ1) is 10.3. The molecule has 1 atom stereocenters. The van der Waals surface area contributed by atoms with Crippen molar-refractivity contribution in [3.8, 4) is 0 Å². The summed E-state index contributed by atoms with van der Waals surface area (Å²) in [6.45, 7) is 4.46. The van der Waals surface area contributed by atoms with Crippen LogP contribution in [0, 0.1) is 0 Å². The van der Waals surface area contributed by atoms with Gasteiger partial charge >= 0.3 is 0 Å². The van der Waals surface area contributed by atoms with Gasteiger partial charge in [0.2, 0.25) is 0 Å². The van der Waals surface area contributed by atoms with Crippen LogP contribution in [0.2, 0.25) is 0 Å². The van der Waals surface area contributed by atoms with Gasteiger partial charge in [-0.15, -0.1) is 0 Å². The lowest BCUT2D eigenvalue weighted by Crippen LogP contribution is -2.21. The van der Waals surface area contributed by atoms with Crippen LogP contribution in [0.1, 0.15) is 26.7 Å². The van der Waals surface area contributed by atoms with Gasteiger partial charge in [0.25, 0.3) is 0 Å². The highest BCUT2D eigenvalue weighted by Gasteiger charge is 1.95. The van der Waals surface area contributed by atoms with Crippen LogP contribution in [0.25, 0.3) is 0 Å². The van der Waals surface area contributed by atoms with E-state index >= 15 is 0 Å². The van der Waals surface area contributed by atoms with Gasteiger partial charge < -0.3 is 5.32 Å². The van der Waals surface area contributed by atoms with Gasteiger partial charge in [0.15, 0.2) is 0 Å². The average molecular weight is 161 g/mol. The van der Waals surface area contributed by atoms with Crippen LogP contribution in [0.3, 0.4) is 0 Å². The molecule has 0 spiro atoms. The Morgan fingerprint density at radius 2 is 2.10 bits per heavy atom. The van der Waals surface area contributed by atoms with Crippen molar-refractivity contribution in [1.29, 1.82) is 0 Å². The summed E-state index contributed by atoms with van der Waals surface area (Å²) in [5.41, 5.74) is 0. The Bertz CT molecular complexity index is 66.3. The second-order valence-corrected chi connectivity index (χ2v) is 3.82. The van der Waals surface area contributed by atoms with Crippen LogP contribution < -0.4 is 5.32 Å². The van der Waals surface area contributed by atoms with Crippen LogP contribution in [-0.2, 0) is 0 Å². The van der Waals surface area contributed by atoms with Gasteiger partial charge in [0, 0.05) is 6.04 Å². The first-order chi connectivity index (χ1) is 4.81. The second-order valence-electron chi connectivity index (χ2n) is 2.59. The van der Waals surface area contributed by atoms with E-state index in [0.717, 1.165) is 0 Å². The van der Waals surface area contributed by atoms with Crippen molar-refractivity contribution in [2.75, 3.05) is 18.6 Å². The van der Waals surface area contributed by atoms with Crippen LogP contribution in [0.15, 0.2) is 0 Å². The highest BCUT2D eigenvalue weighted by molar-refractivity contribution is 7.99. The Hall–Kier alpha value is 0.310. The number of rotatable bonds is 6. The Morgan fingerprint density at radius 1 is 1.40 bits per heavy atom. The summed E-state index contributed by atoms with van der Waals surface area (Å²) < 4.78 is 0. The van der Waals surface area contributed by atoms with Crippen molar-refractivity contribution in [3.63, 3.8) is 0 Å². The molecule has 62 valence electrons. The topological polar surface area (TPSA) is 12.0 Å². The monoisotopic (exact) mass is 161 g/mol. The average Bonchev–Trinajstić information content (AvgIpc) is 1.98. The molecule has 0 radical (unpaired) electrons. The quantitative estimate of drug-likeness (QED) is 0.599. The molecule has 0 aliphatic rings. The molecule has 0 bridgehead atoms. The number of nitrogens with one attached hydrogen (secondary N) is 1. The first-order valence-electron chi connectivity index (χ1n) is 4.06. The van der Waals surface area contributed by atoms with Crippen LogP contribution in [-0.4, -0.2) is 24.6 Å². The summed E-state index contributed by atoms with van der Waals surface area (Å²) in [4.78, 5) is 0. The zero-order valence-corrected chi connectivity index (χ0v) is 8.13. The fourth-order valence-electron chi connectivity index (χ4n) is 0.651. The van der Waals surface area contributed by atoms with E-state index in [1.807, 2.05) is 7.05 Å². The molecule has 1 unspecified atom stereocenters. The van der Waals surface area contributed by atoms with Gasteiger partial charge in [0.1, 0.15) is 0 Å². The highest BCUT2D eigenvalue weighted by atomic mass is 32.2. The Kier molecular flexibility index (Phi) is 7.65. The molecule has 1 N–H and O–H groups in total. The summed E-state index contributed by atoms with van der Waals surface area (Å²) in [5.74, 6) is 2.62. The number of hydrogen-bond acceptors (Lipinski definition) is 2. The van der Waals surface area contributed by atoms with E-state index in [4.69, 9.17) is 0 Å². The first-order valence-corrected chi connectivity index (χ1v) is 5.21. The molecule has 0 fully saturated rings. The van der Waals surface area contributed by atoms with Crippen molar-refractivity contribution >= 4 is 11.8 Å². The number of hydrogen-bond donors (Lipinski definition) is 1. The molecule has 0 aromatic rings. The lowest BCUT2D eigenvalue weighted by molar-refractivity contribution is 0.597. The van der Waals surface area contributed by atoms with Crippen LogP contribution >= 0.6 is 11.8 Å². The summed E-state index contributed by atoms with van der Waals surface area (Å²) in [7, 11) is 2.02. The van der Waals surface area contributed by atoms with E-state index in [2.05, 4.69) is 30.9 Å². The maximum atomic E-state index is 3.23. The molecule has 0 aromatic heterocycles. The second kappa shape index (κ2) is 7.42. The molecule has 1 nitrogen and oxygen atoms in total. The van der Waals surface area contributed by atoms with Crippen LogP contribution in [0.4, 0.5) is 0 Å². The maximum absolute atomic E-state index is 3.23. The third kappa shape index (κ3) is 6.43. The Balaban J connectivity index is 2.89. The van der Waals surface area contributed by atoms with Gasteiger partial charge in [-0.1, -0.05) is 6.92 Å². The fourth-order valence-corrected chi connectivity index (χ4v) is 1.66. The Labute approximate surface area is 69.0 Å². The minimum atomic E-state index is 0.685. The molecular formula is C8H19NS. The van der Waals surface area contributed by atoms with E-state index in [-0.39, 0.29) is 0 Å². The summed E-state index contributed by atoms with van der Waals surface area (Å²) >= 11 is 2.06. The molecule has 0 saturated carbocycles. The van der Waals surface area contributed by atoms with Gasteiger partial charge in [-0.05, 0) is 38.3 Å². The largest absolute Gasteiger partial charge is 0.317 e. The van der Waals surface area contributed by atoms with Crippen LogP contribution in [0.5, 0.6) is 0 Å². The molecule has 0 amide bonds. The van der Waals surface area contributed by atoms with E-state index < -0.39 is 0 Å². The molecular weight excluding hydrogens is 142 g/mol. The standard InChI is InChI=1S/C8H19NS/c1-4-6-10-7-5-8(2)9-3/h8-9H,4-7H2,1-3H3. The molecule has 0 aliphatic carbocycles. The summed E-state index contributed by atoms with van der Waals surface area (Å²) in [5, 5.41) is 3.23. The SMILES string of the molecule is CCCSCCC(C)NC. The molecule has 0 rings (SSSR count). The Morgan fingerprint density at radius 3 is 2.60 bits per heavy atom. The van der Waals surface area contributed by atoms with E-state index in [0.29, 0.717) is 6.04 Å². The van der Waals surface area contributed by atoms with Gasteiger partial charge in [0.05, 0.1) is 0 Å². The molecule has 0 aliphatic heterocycles. The minimum Gasteiger partial charge on any atom is -0.317 e. The van der Waals surface area contributed by atoms with Gasteiger partial charge in [-0.25, -0.2) is 0 Å². The lowest BCUT2D eigenvalue weighted by atomic mass is 10.3. The smallest absolute Gasteiger partial charge is 0.00435 e. The third-order valence-corrected chi connectivity index (χ3v) is 2.76. The molecule has 10 heavy (non-hydrogen) atoms. The predicted molar refractivity (Wildman–Crippen MR) is 50.8 cm³/mol. The van der Waals surface area contributed by atoms with E-state index in [1.165, 1.54) is 24.3 Å². The van der Waals surface area contributed by atoms with E-state index in [1.54, 1.807) is 0 Å². The fraction of sp³-hybridized carbons (Fsp3) is 1.00. The maximum Gasteiger partial charge on any atom is 0.00435 e. The van der Waals surface area contributed by atoms with Crippen molar-refractivity contribution in [3.05, 3.63) is 0 Å². The molecule has 0 aromatic carbocycles. The molecule has 0 saturated heterocycles. The molecule has 2 heteroatoms. The summed E-state index contributed by atoms with van der Waals surface area (Å²) in [6.07, 6.45) is 2.60.